The van der Waals surface area contributed by atoms with E-state index in [1.54, 1.807) is 12.1 Å². The molecule has 0 saturated carbocycles. The fraction of sp³-hybridized carbons (Fsp3) is 0.458. The van der Waals surface area contributed by atoms with Gasteiger partial charge in [-0.2, -0.15) is 0 Å². The molecule has 1 amide bonds. The lowest BCUT2D eigenvalue weighted by molar-refractivity contribution is -0.384. The molecule has 2 aliphatic heterocycles. The number of ether oxygens (including phenoxy) is 2. The smallest absolute Gasteiger partial charge is 0.292 e. The number of carbonyl (C=O) groups excluding carboxylic acids is 1. The third-order valence-electron chi connectivity index (χ3n) is 6.19. The van der Waals surface area contributed by atoms with Crippen molar-refractivity contribution in [2.75, 3.05) is 68.9 Å². The highest BCUT2D eigenvalue weighted by atomic mass is 16.6. The Morgan fingerprint density at radius 2 is 1.73 bits per heavy atom. The second kappa shape index (κ2) is 10.1. The monoisotopic (exact) mass is 454 g/mol. The van der Waals surface area contributed by atoms with Gasteiger partial charge in [0.05, 0.1) is 18.1 Å². The Morgan fingerprint density at radius 3 is 2.39 bits per heavy atom. The average Bonchev–Trinajstić information content (AvgIpc) is 2.83. The molecule has 0 N–H and O–H groups in total. The summed E-state index contributed by atoms with van der Waals surface area (Å²) in [6.07, 6.45) is 0. The van der Waals surface area contributed by atoms with Crippen LogP contribution in [0.4, 0.5) is 17.1 Å². The lowest BCUT2D eigenvalue weighted by Gasteiger charge is -2.36. The summed E-state index contributed by atoms with van der Waals surface area (Å²) >= 11 is 0. The second-order valence-corrected chi connectivity index (χ2v) is 8.46. The third-order valence-corrected chi connectivity index (χ3v) is 6.19. The molecule has 2 fully saturated rings. The highest BCUT2D eigenvalue weighted by Gasteiger charge is 2.26. The summed E-state index contributed by atoms with van der Waals surface area (Å²) in [7, 11) is 0. The minimum absolute atomic E-state index is 0.0165. The van der Waals surface area contributed by atoms with E-state index in [1.807, 2.05) is 47.9 Å². The van der Waals surface area contributed by atoms with Crippen molar-refractivity contribution in [1.82, 2.24) is 4.90 Å². The summed E-state index contributed by atoms with van der Waals surface area (Å²) in [5, 5.41) is 11.5. The van der Waals surface area contributed by atoms with E-state index < -0.39 is 0 Å². The molecule has 33 heavy (non-hydrogen) atoms. The Balaban J connectivity index is 1.37. The number of rotatable bonds is 6. The summed E-state index contributed by atoms with van der Waals surface area (Å²) in [5.74, 6) is 0.696. The van der Waals surface area contributed by atoms with Gasteiger partial charge in [0, 0.05) is 51.0 Å². The number of amides is 1. The molecule has 0 spiro atoms. The minimum Gasteiger partial charge on any atom is -0.484 e. The van der Waals surface area contributed by atoms with Crippen LogP contribution in [0, 0.1) is 24.0 Å². The summed E-state index contributed by atoms with van der Waals surface area (Å²) in [4.78, 5) is 29.9. The second-order valence-electron chi connectivity index (χ2n) is 8.46. The standard InChI is InChI=1S/C24H30N4O5/c1-18-3-6-23(19(2)15-18)33-17-24(29)27-9-7-25(8-10-27)20-4-5-21(28(30)31)22(16-20)26-11-13-32-14-12-26/h3-6,15-16H,7-14,17H2,1-2H3. The van der Waals surface area contributed by atoms with Crippen molar-refractivity contribution in [3.05, 3.63) is 57.6 Å². The number of hydrogen-bond donors (Lipinski definition) is 0. The van der Waals surface area contributed by atoms with Crippen LogP contribution in [-0.2, 0) is 9.53 Å². The fourth-order valence-electron chi connectivity index (χ4n) is 4.33. The number of benzene rings is 2. The molecule has 2 saturated heterocycles. The average molecular weight is 455 g/mol. The maximum absolute atomic E-state index is 12.7. The van der Waals surface area contributed by atoms with Gasteiger partial charge in [-0.15, -0.1) is 0 Å². The first-order valence-electron chi connectivity index (χ1n) is 11.3. The SMILES string of the molecule is Cc1ccc(OCC(=O)N2CCN(c3ccc([N+](=O)[O-])c(N4CCOCC4)c3)CC2)c(C)c1. The third kappa shape index (κ3) is 5.36. The Labute approximate surface area is 193 Å². The largest absolute Gasteiger partial charge is 0.484 e. The molecule has 2 aromatic rings. The Morgan fingerprint density at radius 1 is 1.00 bits per heavy atom. The number of hydrogen-bond acceptors (Lipinski definition) is 7. The van der Waals surface area contributed by atoms with Crippen LogP contribution < -0.4 is 14.5 Å². The highest BCUT2D eigenvalue weighted by molar-refractivity contribution is 5.78. The molecule has 9 heteroatoms. The van der Waals surface area contributed by atoms with Crippen molar-refractivity contribution in [2.45, 2.75) is 13.8 Å². The predicted octanol–water partition coefficient (Wildman–Crippen LogP) is 2.78. The van der Waals surface area contributed by atoms with Gasteiger partial charge in [-0.25, -0.2) is 0 Å². The van der Waals surface area contributed by atoms with Crippen molar-refractivity contribution >= 4 is 23.0 Å². The van der Waals surface area contributed by atoms with Gasteiger partial charge in [0.15, 0.2) is 6.61 Å². The van der Waals surface area contributed by atoms with E-state index in [2.05, 4.69) is 4.90 Å². The van der Waals surface area contributed by atoms with Crippen LogP contribution in [0.25, 0.3) is 0 Å². The summed E-state index contributed by atoms with van der Waals surface area (Å²) in [5.41, 5.74) is 3.84. The summed E-state index contributed by atoms with van der Waals surface area (Å²) in [6.45, 7) is 8.89. The molecule has 2 aliphatic rings. The van der Waals surface area contributed by atoms with E-state index in [9.17, 15) is 14.9 Å². The molecule has 0 radical (unpaired) electrons. The zero-order valence-electron chi connectivity index (χ0n) is 19.2. The maximum Gasteiger partial charge on any atom is 0.292 e. The van der Waals surface area contributed by atoms with E-state index in [1.165, 1.54) is 0 Å². The fourth-order valence-corrected chi connectivity index (χ4v) is 4.33. The van der Waals surface area contributed by atoms with Crippen molar-refractivity contribution in [1.29, 1.82) is 0 Å². The molecule has 0 aliphatic carbocycles. The zero-order chi connectivity index (χ0) is 23.4. The Bertz CT molecular complexity index is 1010. The number of nitrogens with zero attached hydrogens (tertiary/aromatic N) is 4. The topological polar surface area (TPSA) is 88.4 Å². The molecular formula is C24H30N4O5. The van der Waals surface area contributed by atoms with Crippen molar-refractivity contribution in [3.8, 4) is 5.75 Å². The molecular weight excluding hydrogens is 424 g/mol. The van der Waals surface area contributed by atoms with Gasteiger partial charge in [-0.05, 0) is 37.6 Å². The van der Waals surface area contributed by atoms with E-state index in [4.69, 9.17) is 9.47 Å². The molecule has 0 aromatic heterocycles. The van der Waals surface area contributed by atoms with Gasteiger partial charge in [0.1, 0.15) is 11.4 Å². The van der Waals surface area contributed by atoms with Gasteiger partial charge < -0.3 is 24.2 Å². The van der Waals surface area contributed by atoms with E-state index in [-0.39, 0.29) is 23.1 Å². The normalized spacial score (nSPS) is 16.6. The number of carbonyl (C=O) groups is 1. The Hall–Kier alpha value is -3.33. The quantitative estimate of drug-likeness (QED) is 0.490. The molecule has 176 valence electrons. The number of piperazine rings is 1. The molecule has 2 aromatic carbocycles. The van der Waals surface area contributed by atoms with Gasteiger partial charge in [-0.3, -0.25) is 14.9 Å². The molecule has 2 heterocycles. The lowest BCUT2D eigenvalue weighted by atomic mass is 10.1. The first kappa shape index (κ1) is 22.8. The highest BCUT2D eigenvalue weighted by Crippen LogP contribution is 2.33. The number of nitro benzene ring substituents is 1. The van der Waals surface area contributed by atoms with Gasteiger partial charge in [0.2, 0.25) is 0 Å². The van der Waals surface area contributed by atoms with Crippen LogP contribution in [0.3, 0.4) is 0 Å². The van der Waals surface area contributed by atoms with Crippen LogP contribution in [0.5, 0.6) is 5.75 Å². The molecule has 9 nitrogen and oxygen atoms in total. The molecule has 4 rings (SSSR count). The van der Waals surface area contributed by atoms with Crippen molar-refractivity contribution in [2.24, 2.45) is 0 Å². The Kier molecular flexibility index (Phi) is 6.98. The number of morpholine rings is 1. The van der Waals surface area contributed by atoms with Crippen LogP contribution >= 0.6 is 0 Å². The van der Waals surface area contributed by atoms with Crippen LogP contribution in [0.2, 0.25) is 0 Å². The molecule has 0 bridgehead atoms. The number of anilines is 2. The first-order chi connectivity index (χ1) is 15.9. The predicted molar refractivity (Wildman–Crippen MR) is 126 cm³/mol. The first-order valence-corrected chi connectivity index (χ1v) is 11.3. The number of nitro groups is 1. The van der Waals surface area contributed by atoms with Crippen molar-refractivity contribution in [3.63, 3.8) is 0 Å². The van der Waals surface area contributed by atoms with E-state index >= 15 is 0 Å². The van der Waals surface area contributed by atoms with E-state index in [0.717, 1.165) is 22.6 Å². The summed E-state index contributed by atoms with van der Waals surface area (Å²) in [6, 6.07) is 11.2. The van der Waals surface area contributed by atoms with Crippen molar-refractivity contribution < 1.29 is 19.2 Å². The van der Waals surface area contributed by atoms with Gasteiger partial charge in [0.25, 0.3) is 11.6 Å². The van der Waals surface area contributed by atoms with Crippen LogP contribution in [0.15, 0.2) is 36.4 Å². The van der Waals surface area contributed by atoms with Gasteiger partial charge in [-0.1, -0.05) is 17.7 Å². The molecule has 0 unspecified atom stereocenters. The van der Waals surface area contributed by atoms with Gasteiger partial charge >= 0.3 is 0 Å². The zero-order valence-corrected chi connectivity index (χ0v) is 19.2. The van der Waals surface area contributed by atoms with Crippen LogP contribution in [-0.4, -0.2) is 74.8 Å². The maximum atomic E-state index is 12.7. The van der Waals surface area contributed by atoms with E-state index in [0.29, 0.717) is 58.2 Å². The minimum atomic E-state index is -0.332. The molecule has 0 atom stereocenters. The van der Waals surface area contributed by atoms with Crippen LogP contribution in [0.1, 0.15) is 11.1 Å². The number of aryl methyl sites for hydroxylation is 2. The summed E-state index contributed by atoms with van der Waals surface area (Å²) < 4.78 is 11.1. The lowest BCUT2D eigenvalue weighted by Crippen LogP contribution is -2.50.